The van der Waals surface area contributed by atoms with Crippen LogP contribution in [0.25, 0.3) is 0 Å². The number of anilines is 1. The second kappa shape index (κ2) is 7.83. The number of hydrogen-bond acceptors (Lipinski definition) is 5. The first-order valence-corrected chi connectivity index (χ1v) is 9.70. The fraction of sp³-hybridized carbons (Fsp3) is 0.667. The van der Waals surface area contributed by atoms with Crippen molar-refractivity contribution in [1.82, 2.24) is 14.3 Å². The van der Waals surface area contributed by atoms with E-state index < -0.39 is 16.1 Å². The Bertz CT molecular complexity index is 631. The maximum atomic E-state index is 12.4. The Morgan fingerprint density at radius 1 is 1.35 bits per heavy atom. The lowest BCUT2D eigenvalue weighted by Gasteiger charge is -2.23. The largest absolute Gasteiger partial charge is 0.322 e. The van der Waals surface area contributed by atoms with Crippen LogP contribution in [0.4, 0.5) is 5.69 Å². The van der Waals surface area contributed by atoms with Crippen molar-refractivity contribution in [3.05, 3.63) is 18.2 Å². The highest BCUT2D eigenvalue weighted by molar-refractivity contribution is 7.89. The summed E-state index contributed by atoms with van der Waals surface area (Å²) in [4.78, 5) is 20.7. The average Bonchev–Trinajstić information content (AvgIpc) is 3.04. The van der Waals surface area contributed by atoms with E-state index >= 15 is 0 Å². The summed E-state index contributed by atoms with van der Waals surface area (Å²) in [6.45, 7) is 4.31. The minimum absolute atomic E-state index is 0.0988. The molecule has 1 aliphatic rings. The summed E-state index contributed by atoms with van der Waals surface area (Å²) in [7, 11) is -3.38. The van der Waals surface area contributed by atoms with Crippen molar-refractivity contribution in [2.75, 3.05) is 17.6 Å². The molecule has 1 N–H and O–H groups in total. The Morgan fingerprint density at radius 2 is 2.04 bits per heavy atom. The molecule has 2 heterocycles. The number of hydrogen-bond donors (Lipinski definition) is 1. The van der Waals surface area contributed by atoms with Crippen molar-refractivity contribution < 1.29 is 13.2 Å². The second-order valence-electron chi connectivity index (χ2n) is 5.67. The zero-order chi connectivity index (χ0) is 16.9. The van der Waals surface area contributed by atoms with Crippen molar-refractivity contribution in [3.8, 4) is 0 Å². The molecule has 0 radical (unpaired) electrons. The van der Waals surface area contributed by atoms with Gasteiger partial charge in [0.2, 0.25) is 15.9 Å². The van der Waals surface area contributed by atoms with E-state index in [-0.39, 0.29) is 11.7 Å². The number of carbonyl (C=O) groups is 1. The highest BCUT2D eigenvalue weighted by Crippen LogP contribution is 2.23. The standard InChI is InChI=1S/C15H24N4O3S/c1-3-5-9-23(21,22)19-8-6-7-13(19)15(20)18-12-10-16-14(4-2)17-11-12/h10-11,13H,3-9H2,1-2H3,(H,18,20). The first kappa shape index (κ1) is 17.8. The van der Waals surface area contributed by atoms with Gasteiger partial charge >= 0.3 is 0 Å². The Hall–Kier alpha value is -1.54. The summed E-state index contributed by atoms with van der Waals surface area (Å²) >= 11 is 0. The highest BCUT2D eigenvalue weighted by atomic mass is 32.2. The van der Waals surface area contributed by atoms with Crippen LogP contribution >= 0.6 is 0 Å². The molecule has 1 fully saturated rings. The van der Waals surface area contributed by atoms with Gasteiger partial charge in [-0.15, -0.1) is 0 Å². The van der Waals surface area contributed by atoms with E-state index in [0.717, 1.165) is 12.8 Å². The summed E-state index contributed by atoms with van der Waals surface area (Å²) in [5.41, 5.74) is 0.491. The summed E-state index contributed by atoms with van der Waals surface area (Å²) in [5.74, 6) is 0.491. The van der Waals surface area contributed by atoms with Gasteiger partial charge in [0, 0.05) is 13.0 Å². The molecule has 1 aliphatic heterocycles. The molecule has 1 saturated heterocycles. The number of amides is 1. The smallest absolute Gasteiger partial charge is 0.242 e. The molecule has 23 heavy (non-hydrogen) atoms. The number of aromatic nitrogens is 2. The van der Waals surface area contributed by atoms with Crippen LogP contribution in [0, 0.1) is 0 Å². The van der Waals surface area contributed by atoms with Gasteiger partial charge in [0.15, 0.2) is 0 Å². The molecule has 0 saturated carbocycles. The molecule has 8 heteroatoms. The molecule has 0 aromatic carbocycles. The van der Waals surface area contributed by atoms with Gasteiger partial charge in [-0.2, -0.15) is 4.31 Å². The highest BCUT2D eigenvalue weighted by Gasteiger charge is 2.38. The van der Waals surface area contributed by atoms with Crippen LogP contribution in [-0.2, 0) is 21.2 Å². The predicted molar refractivity (Wildman–Crippen MR) is 88.5 cm³/mol. The average molecular weight is 340 g/mol. The van der Waals surface area contributed by atoms with E-state index in [9.17, 15) is 13.2 Å². The van der Waals surface area contributed by atoms with Crippen LogP contribution < -0.4 is 5.32 Å². The van der Waals surface area contributed by atoms with Crippen LogP contribution in [0.1, 0.15) is 45.4 Å². The van der Waals surface area contributed by atoms with Gasteiger partial charge < -0.3 is 5.32 Å². The molecule has 1 unspecified atom stereocenters. The van der Waals surface area contributed by atoms with Crippen LogP contribution in [-0.4, -0.2) is 46.9 Å². The van der Waals surface area contributed by atoms with Crippen molar-refractivity contribution in [1.29, 1.82) is 0 Å². The Labute approximate surface area is 137 Å². The Kier molecular flexibility index (Phi) is 6.06. The van der Waals surface area contributed by atoms with Crippen molar-refractivity contribution in [2.24, 2.45) is 0 Å². The fourth-order valence-corrected chi connectivity index (χ4v) is 4.49. The number of carbonyl (C=O) groups excluding carboxylic acids is 1. The van der Waals surface area contributed by atoms with Crippen molar-refractivity contribution in [2.45, 2.75) is 52.0 Å². The number of nitrogens with one attached hydrogen (secondary N) is 1. The van der Waals surface area contributed by atoms with Gasteiger partial charge in [0.1, 0.15) is 11.9 Å². The Balaban J connectivity index is 2.05. The van der Waals surface area contributed by atoms with Gasteiger partial charge in [-0.25, -0.2) is 18.4 Å². The maximum absolute atomic E-state index is 12.4. The molecule has 7 nitrogen and oxygen atoms in total. The zero-order valence-corrected chi connectivity index (χ0v) is 14.5. The molecule has 1 aromatic rings. The SMILES string of the molecule is CCCCS(=O)(=O)N1CCCC1C(=O)Nc1cnc(CC)nc1. The minimum Gasteiger partial charge on any atom is -0.322 e. The van der Waals surface area contributed by atoms with Crippen LogP contribution in [0.5, 0.6) is 0 Å². The van der Waals surface area contributed by atoms with Gasteiger partial charge in [-0.3, -0.25) is 4.79 Å². The van der Waals surface area contributed by atoms with E-state index in [4.69, 9.17) is 0 Å². The summed E-state index contributed by atoms with van der Waals surface area (Å²) in [6.07, 6.45) is 6.49. The summed E-state index contributed by atoms with van der Waals surface area (Å²) < 4.78 is 26.1. The lowest BCUT2D eigenvalue weighted by atomic mass is 10.2. The molecule has 1 atom stereocenters. The Morgan fingerprint density at radius 3 is 2.65 bits per heavy atom. The van der Waals surface area contributed by atoms with Gasteiger partial charge in [0.25, 0.3) is 0 Å². The number of sulfonamides is 1. The molecule has 2 rings (SSSR count). The van der Waals surface area contributed by atoms with E-state index in [1.54, 1.807) is 12.4 Å². The maximum Gasteiger partial charge on any atom is 0.242 e. The number of rotatable bonds is 7. The molecule has 0 bridgehead atoms. The minimum atomic E-state index is -3.38. The van der Waals surface area contributed by atoms with E-state index in [1.807, 2.05) is 13.8 Å². The third-order valence-corrected chi connectivity index (χ3v) is 5.86. The molecule has 1 aromatic heterocycles. The normalized spacial score (nSPS) is 19.0. The monoisotopic (exact) mass is 340 g/mol. The van der Waals surface area contributed by atoms with E-state index in [1.165, 1.54) is 4.31 Å². The molecular formula is C15H24N4O3S. The first-order valence-electron chi connectivity index (χ1n) is 8.09. The van der Waals surface area contributed by atoms with Crippen molar-refractivity contribution in [3.63, 3.8) is 0 Å². The van der Waals surface area contributed by atoms with Crippen LogP contribution in [0.15, 0.2) is 12.4 Å². The molecule has 128 valence electrons. The number of aryl methyl sites for hydroxylation is 1. The van der Waals surface area contributed by atoms with E-state index in [2.05, 4.69) is 15.3 Å². The summed E-state index contributed by atoms with van der Waals surface area (Å²) in [5, 5.41) is 2.72. The third kappa shape index (κ3) is 4.48. The molecular weight excluding hydrogens is 316 g/mol. The third-order valence-electron chi connectivity index (χ3n) is 3.91. The fourth-order valence-electron chi connectivity index (χ4n) is 2.61. The van der Waals surface area contributed by atoms with Gasteiger partial charge in [0.05, 0.1) is 23.8 Å². The lowest BCUT2D eigenvalue weighted by Crippen LogP contribution is -2.44. The van der Waals surface area contributed by atoms with Crippen molar-refractivity contribution >= 4 is 21.6 Å². The lowest BCUT2D eigenvalue weighted by molar-refractivity contribution is -0.119. The van der Waals surface area contributed by atoms with Crippen LogP contribution in [0.2, 0.25) is 0 Å². The van der Waals surface area contributed by atoms with E-state index in [0.29, 0.717) is 37.3 Å². The number of unbranched alkanes of at least 4 members (excludes halogenated alkanes) is 1. The first-order chi connectivity index (χ1) is 11.0. The quantitative estimate of drug-likeness (QED) is 0.813. The van der Waals surface area contributed by atoms with Gasteiger partial charge in [-0.05, 0) is 19.3 Å². The predicted octanol–water partition coefficient (Wildman–Crippen LogP) is 1.57. The topological polar surface area (TPSA) is 92.3 Å². The molecule has 0 aliphatic carbocycles. The molecule has 0 spiro atoms. The van der Waals surface area contributed by atoms with Gasteiger partial charge in [-0.1, -0.05) is 20.3 Å². The zero-order valence-electron chi connectivity index (χ0n) is 13.7. The molecule has 1 amide bonds. The van der Waals surface area contributed by atoms with Crippen LogP contribution in [0.3, 0.4) is 0 Å². The summed E-state index contributed by atoms with van der Waals surface area (Å²) in [6, 6.07) is -0.636. The number of nitrogens with zero attached hydrogens (tertiary/aromatic N) is 3. The second-order valence-corrected chi connectivity index (χ2v) is 7.71.